The first-order valence-electron chi connectivity index (χ1n) is 5.67. The number of nitrogens with two attached hydrogens (primary N) is 1. The minimum Gasteiger partial charge on any atom is -0.384 e. The van der Waals surface area contributed by atoms with Crippen molar-refractivity contribution >= 4 is 17.6 Å². The second kappa shape index (κ2) is 4.86. The van der Waals surface area contributed by atoms with E-state index in [0.717, 1.165) is 31.6 Å². The van der Waals surface area contributed by atoms with Crippen LogP contribution in [0.2, 0.25) is 0 Å². The number of amides is 2. The van der Waals surface area contributed by atoms with E-state index in [1.54, 1.807) is 29.2 Å². The summed E-state index contributed by atoms with van der Waals surface area (Å²) < 4.78 is 0. The molecule has 4 N–H and O–H groups in total. The van der Waals surface area contributed by atoms with Crippen LogP contribution in [0.5, 0.6) is 0 Å². The van der Waals surface area contributed by atoms with Gasteiger partial charge in [-0.05, 0) is 37.1 Å². The van der Waals surface area contributed by atoms with Gasteiger partial charge in [-0.1, -0.05) is 0 Å². The summed E-state index contributed by atoms with van der Waals surface area (Å²) in [6, 6.07) is 6.90. The first-order chi connectivity index (χ1) is 8.16. The Labute approximate surface area is 100 Å². The number of likely N-dealkylation sites (tertiary alicyclic amines) is 1. The number of nitrogens with zero attached hydrogens (tertiary/aromatic N) is 1. The molecule has 0 spiro atoms. The summed E-state index contributed by atoms with van der Waals surface area (Å²) in [5, 5.41) is 10.1. The van der Waals surface area contributed by atoms with Crippen LogP contribution in [0.3, 0.4) is 0 Å². The number of nitrogen functional groups attached to an aromatic ring is 1. The van der Waals surface area contributed by atoms with Gasteiger partial charge < -0.3 is 16.0 Å². The predicted molar refractivity (Wildman–Crippen MR) is 67.3 cm³/mol. The lowest BCUT2D eigenvalue weighted by Crippen LogP contribution is -2.32. The zero-order valence-corrected chi connectivity index (χ0v) is 9.57. The normalized spacial score (nSPS) is 14.7. The zero-order chi connectivity index (χ0) is 12.3. The average Bonchev–Trinajstić information content (AvgIpc) is 2.83. The Morgan fingerprint density at radius 1 is 1.24 bits per heavy atom. The highest BCUT2D eigenvalue weighted by Gasteiger charge is 2.17. The lowest BCUT2D eigenvalue weighted by atomic mass is 10.2. The Morgan fingerprint density at radius 3 is 2.35 bits per heavy atom. The SMILES string of the molecule is N=C(N)c1ccc(NC(=O)N2CCCC2)cc1. The molecule has 1 heterocycles. The number of benzene rings is 1. The fraction of sp³-hybridized carbons (Fsp3) is 0.333. The van der Waals surface area contributed by atoms with Crippen molar-refractivity contribution < 1.29 is 4.79 Å². The minimum atomic E-state index is -0.0573. The Balaban J connectivity index is 1.98. The molecule has 2 amide bonds. The topological polar surface area (TPSA) is 82.2 Å². The van der Waals surface area contributed by atoms with Gasteiger partial charge in [-0.2, -0.15) is 0 Å². The molecule has 0 aromatic heterocycles. The number of hydrogen-bond donors (Lipinski definition) is 3. The molecule has 1 fully saturated rings. The Bertz CT molecular complexity index is 421. The maximum atomic E-state index is 11.8. The number of carbonyl (C=O) groups excluding carboxylic acids is 1. The number of urea groups is 1. The van der Waals surface area contributed by atoms with Crippen LogP contribution in [0.15, 0.2) is 24.3 Å². The van der Waals surface area contributed by atoms with Gasteiger partial charge >= 0.3 is 6.03 Å². The van der Waals surface area contributed by atoms with Gasteiger partial charge in [-0.25, -0.2) is 4.79 Å². The van der Waals surface area contributed by atoms with Crippen molar-refractivity contribution in [1.82, 2.24) is 4.90 Å². The summed E-state index contributed by atoms with van der Waals surface area (Å²) in [6.45, 7) is 1.66. The molecule has 0 unspecified atom stereocenters. The van der Waals surface area contributed by atoms with E-state index in [1.165, 1.54) is 0 Å². The molecule has 0 saturated carbocycles. The highest BCUT2D eigenvalue weighted by molar-refractivity contribution is 5.96. The van der Waals surface area contributed by atoms with E-state index in [-0.39, 0.29) is 11.9 Å². The fourth-order valence-corrected chi connectivity index (χ4v) is 1.86. The highest BCUT2D eigenvalue weighted by Crippen LogP contribution is 2.13. The second-order valence-corrected chi connectivity index (χ2v) is 4.12. The molecule has 1 aromatic carbocycles. The van der Waals surface area contributed by atoms with Crippen LogP contribution < -0.4 is 11.1 Å². The van der Waals surface area contributed by atoms with E-state index in [2.05, 4.69) is 5.32 Å². The molecular formula is C12H16N4O. The van der Waals surface area contributed by atoms with Crippen molar-refractivity contribution in [2.45, 2.75) is 12.8 Å². The van der Waals surface area contributed by atoms with E-state index < -0.39 is 0 Å². The molecular weight excluding hydrogens is 216 g/mol. The highest BCUT2D eigenvalue weighted by atomic mass is 16.2. The van der Waals surface area contributed by atoms with Gasteiger partial charge in [0.1, 0.15) is 5.84 Å². The van der Waals surface area contributed by atoms with Gasteiger partial charge in [0.25, 0.3) is 0 Å². The van der Waals surface area contributed by atoms with Gasteiger partial charge in [0.2, 0.25) is 0 Å². The van der Waals surface area contributed by atoms with Gasteiger partial charge in [0, 0.05) is 24.3 Å². The van der Waals surface area contributed by atoms with Crippen LogP contribution in [0.4, 0.5) is 10.5 Å². The lowest BCUT2D eigenvalue weighted by molar-refractivity contribution is 0.222. The van der Waals surface area contributed by atoms with E-state index >= 15 is 0 Å². The fourth-order valence-electron chi connectivity index (χ4n) is 1.86. The molecule has 0 aliphatic carbocycles. The number of nitrogens with one attached hydrogen (secondary N) is 2. The smallest absolute Gasteiger partial charge is 0.321 e. The van der Waals surface area contributed by atoms with Crippen molar-refractivity contribution in [3.8, 4) is 0 Å². The monoisotopic (exact) mass is 232 g/mol. The van der Waals surface area contributed by atoms with Gasteiger partial charge in [0.15, 0.2) is 0 Å². The number of hydrogen-bond acceptors (Lipinski definition) is 2. The van der Waals surface area contributed by atoms with Gasteiger partial charge in [0.05, 0.1) is 0 Å². The van der Waals surface area contributed by atoms with Crippen molar-refractivity contribution in [1.29, 1.82) is 5.41 Å². The molecule has 5 heteroatoms. The molecule has 0 atom stereocenters. The summed E-state index contributed by atoms with van der Waals surface area (Å²) >= 11 is 0. The quantitative estimate of drug-likeness (QED) is 0.534. The van der Waals surface area contributed by atoms with E-state index in [1.807, 2.05) is 0 Å². The zero-order valence-electron chi connectivity index (χ0n) is 9.57. The molecule has 0 radical (unpaired) electrons. The van der Waals surface area contributed by atoms with Crippen LogP contribution in [0, 0.1) is 5.41 Å². The molecule has 1 aliphatic rings. The molecule has 5 nitrogen and oxygen atoms in total. The van der Waals surface area contributed by atoms with Crippen LogP contribution in [-0.2, 0) is 0 Å². The third-order valence-electron chi connectivity index (χ3n) is 2.84. The van der Waals surface area contributed by atoms with Crippen LogP contribution >= 0.6 is 0 Å². The van der Waals surface area contributed by atoms with Crippen LogP contribution in [0.1, 0.15) is 18.4 Å². The van der Waals surface area contributed by atoms with Crippen molar-refractivity contribution in [2.75, 3.05) is 18.4 Å². The first kappa shape index (κ1) is 11.4. The molecule has 90 valence electrons. The van der Waals surface area contributed by atoms with Crippen LogP contribution in [-0.4, -0.2) is 29.9 Å². The predicted octanol–water partition coefficient (Wildman–Crippen LogP) is 1.60. The summed E-state index contributed by atoms with van der Waals surface area (Å²) in [4.78, 5) is 13.6. The van der Waals surface area contributed by atoms with E-state index in [9.17, 15) is 4.79 Å². The van der Waals surface area contributed by atoms with Crippen molar-refractivity contribution in [2.24, 2.45) is 5.73 Å². The first-order valence-corrected chi connectivity index (χ1v) is 5.67. The number of amidine groups is 1. The van der Waals surface area contributed by atoms with E-state index in [4.69, 9.17) is 11.1 Å². The largest absolute Gasteiger partial charge is 0.384 e. The van der Waals surface area contributed by atoms with Crippen molar-refractivity contribution in [3.63, 3.8) is 0 Å². The van der Waals surface area contributed by atoms with Crippen LogP contribution in [0.25, 0.3) is 0 Å². The second-order valence-electron chi connectivity index (χ2n) is 4.12. The molecule has 17 heavy (non-hydrogen) atoms. The third-order valence-corrected chi connectivity index (χ3v) is 2.84. The molecule has 1 aromatic rings. The molecule has 1 aliphatic heterocycles. The average molecular weight is 232 g/mol. The Kier molecular flexibility index (Phi) is 3.27. The minimum absolute atomic E-state index is 0.0300. The summed E-state index contributed by atoms with van der Waals surface area (Å²) in [5.41, 5.74) is 6.74. The maximum absolute atomic E-state index is 11.8. The lowest BCUT2D eigenvalue weighted by Gasteiger charge is -2.16. The number of rotatable bonds is 2. The summed E-state index contributed by atoms with van der Waals surface area (Å²) in [6.07, 6.45) is 2.16. The summed E-state index contributed by atoms with van der Waals surface area (Å²) in [5.74, 6) is 0.0300. The molecule has 2 rings (SSSR count). The van der Waals surface area contributed by atoms with E-state index in [0.29, 0.717) is 5.56 Å². The number of anilines is 1. The molecule has 1 saturated heterocycles. The molecule has 0 bridgehead atoms. The summed E-state index contributed by atoms with van der Waals surface area (Å²) in [7, 11) is 0. The maximum Gasteiger partial charge on any atom is 0.321 e. The third kappa shape index (κ3) is 2.75. The standard InChI is InChI=1S/C12H16N4O/c13-11(14)9-3-5-10(6-4-9)15-12(17)16-7-1-2-8-16/h3-6H,1-2,7-8H2,(H3,13,14)(H,15,17). The Morgan fingerprint density at radius 2 is 1.82 bits per heavy atom. The Hall–Kier alpha value is -2.04. The van der Waals surface area contributed by atoms with Gasteiger partial charge in [-0.15, -0.1) is 0 Å². The number of carbonyl (C=O) groups is 1. The van der Waals surface area contributed by atoms with Crippen molar-refractivity contribution in [3.05, 3.63) is 29.8 Å². The van der Waals surface area contributed by atoms with Gasteiger partial charge in [-0.3, -0.25) is 5.41 Å².